The SMILES string of the molecule is Cc1ccn(C)c1C(=O)NC1CC(S(=O)(=O)c2ccccc2)C1. The summed E-state index contributed by atoms with van der Waals surface area (Å²) >= 11 is 0. The van der Waals surface area contributed by atoms with E-state index < -0.39 is 15.1 Å². The Hall–Kier alpha value is -2.08. The maximum atomic E-state index is 12.5. The lowest BCUT2D eigenvalue weighted by atomic mass is 9.92. The fraction of sp³-hybridized carbons (Fsp3) is 0.353. The van der Waals surface area contributed by atoms with Crippen LogP contribution in [0, 0.1) is 6.92 Å². The van der Waals surface area contributed by atoms with Gasteiger partial charge in [-0.15, -0.1) is 0 Å². The summed E-state index contributed by atoms with van der Waals surface area (Å²) in [5.41, 5.74) is 1.54. The minimum Gasteiger partial charge on any atom is -0.348 e. The highest BCUT2D eigenvalue weighted by Crippen LogP contribution is 2.31. The van der Waals surface area contributed by atoms with E-state index in [0.717, 1.165) is 5.56 Å². The Morgan fingerprint density at radius 3 is 2.39 bits per heavy atom. The molecule has 1 N–H and O–H groups in total. The number of amides is 1. The number of carbonyl (C=O) groups excluding carboxylic acids is 1. The van der Waals surface area contributed by atoms with Crippen molar-refractivity contribution in [1.82, 2.24) is 9.88 Å². The average Bonchev–Trinajstić information content (AvgIpc) is 2.82. The summed E-state index contributed by atoms with van der Waals surface area (Å²) in [4.78, 5) is 12.7. The molecule has 2 aromatic rings. The summed E-state index contributed by atoms with van der Waals surface area (Å²) < 4.78 is 26.7. The van der Waals surface area contributed by atoms with Crippen LogP contribution in [0.5, 0.6) is 0 Å². The van der Waals surface area contributed by atoms with Crippen molar-refractivity contribution in [3.05, 3.63) is 53.9 Å². The number of hydrogen-bond donors (Lipinski definition) is 1. The molecule has 5 nitrogen and oxygen atoms in total. The van der Waals surface area contributed by atoms with Crippen LogP contribution in [0.25, 0.3) is 0 Å². The first kappa shape index (κ1) is 15.8. The number of benzene rings is 1. The Balaban J connectivity index is 1.63. The van der Waals surface area contributed by atoms with Gasteiger partial charge in [-0.1, -0.05) is 18.2 Å². The molecule has 0 saturated heterocycles. The minimum atomic E-state index is -3.30. The van der Waals surface area contributed by atoms with Gasteiger partial charge in [0, 0.05) is 19.3 Å². The van der Waals surface area contributed by atoms with Crippen LogP contribution in [0.3, 0.4) is 0 Å². The summed E-state index contributed by atoms with van der Waals surface area (Å²) in [6.45, 7) is 1.89. The molecular weight excluding hydrogens is 312 g/mol. The maximum Gasteiger partial charge on any atom is 0.268 e. The topological polar surface area (TPSA) is 68.2 Å². The second-order valence-electron chi connectivity index (χ2n) is 6.08. The molecule has 1 aromatic heterocycles. The standard InChI is InChI=1S/C17H20N2O3S/c1-12-8-9-19(2)16(12)17(20)18-13-10-15(11-13)23(21,22)14-6-4-3-5-7-14/h3-9,13,15H,10-11H2,1-2H3,(H,18,20). The summed E-state index contributed by atoms with van der Waals surface area (Å²) in [6.07, 6.45) is 2.77. The second kappa shape index (κ2) is 5.85. The molecule has 6 heteroatoms. The molecule has 1 heterocycles. The first-order valence-electron chi connectivity index (χ1n) is 7.61. The Morgan fingerprint density at radius 2 is 1.83 bits per heavy atom. The maximum absolute atomic E-state index is 12.5. The van der Waals surface area contributed by atoms with Crippen LogP contribution in [0.4, 0.5) is 0 Å². The van der Waals surface area contributed by atoms with E-state index in [2.05, 4.69) is 5.32 Å². The number of rotatable bonds is 4. The quantitative estimate of drug-likeness (QED) is 0.932. The first-order valence-corrected chi connectivity index (χ1v) is 9.16. The highest BCUT2D eigenvalue weighted by atomic mass is 32.2. The lowest BCUT2D eigenvalue weighted by Gasteiger charge is -2.35. The summed E-state index contributed by atoms with van der Waals surface area (Å²) in [5.74, 6) is -0.143. The number of nitrogens with one attached hydrogen (secondary N) is 1. The molecule has 3 rings (SSSR count). The van der Waals surface area contributed by atoms with Gasteiger partial charge in [0.2, 0.25) is 0 Å². The minimum absolute atomic E-state index is 0.0831. The molecule has 0 aliphatic heterocycles. The van der Waals surface area contributed by atoms with E-state index in [-0.39, 0.29) is 11.9 Å². The van der Waals surface area contributed by atoms with Gasteiger partial charge >= 0.3 is 0 Å². The van der Waals surface area contributed by atoms with Gasteiger partial charge in [-0.25, -0.2) is 8.42 Å². The lowest BCUT2D eigenvalue weighted by Crippen LogP contribution is -2.50. The van der Waals surface area contributed by atoms with Crippen molar-refractivity contribution < 1.29 is 13.2 Å². The average molecular weight is 332 g/mol. The molecule has 0 atom stereocenters. The first-order chi connectivity index (χ1) is 10.9. The molecule has 122 valence electrons. The molecule has 1 aromatic carbocycles. The van der Waals surface area contributed by atoms with Gasteiger partial charge < -0.3 is 9.88 Å². The number of aromatic nitrogens is 1. The van der Waals surface area contributed by atoms with E-state index in [1.807, 2.05) is 26.2 Å². The van der Waals surface area contributed by atoms with Gasteiger partial charge in [0.15, 0.2) is 9.84 Å². The summed E-state index contributed by atoms with van der Waals surface area (Å²) in [7, 11) is -1.47. The van der Waals surface area contributed by atoms with Gasteiger partial charge in [0.05, 0.1) is 10.1 Å². The Morgan fingerprint density at radius 1 is 1.17 bits per heavy atom. The predicted octanol–water partition coefficient (Wildman–Crippen LogP) is 2.07. The molecule has 0 unspecified atom stereocenters. The molecule has 0 radical (unpaired) electrons. The molecule has 1 amide bonds. The third kappa shape index (κ3) is 2.91. The Bertz CT molecular complexity index is 799. The number of nitrogens with zero attached hydrogens (tertiary/aromatic N) is 1. The van der Waals surface area contributed by atoms with Crippen molar-refractivity contribution in [2.75, 3.05) is 0 Å². The number of carbonyl (C=O) groups is 1. The van der Waals surface area contributed by atoms with E-state index >= 15 is 0 Å². The summed E-state index contributed by atoms with van der Waals surface area (Å²) in [5, 5.41) is 2.52. The van der Waals surface area contributed by atoms with Crippen LogP contribution in [-0.2, 0) is 16.9 Å². The molecule has 0 spiro atoms. The van der Waals surface area contributed by atoms with Crippen molar-refractivity contribution in [2.45, 2.75) is 36.0 Å². The third-order valence-corrected chi connectivity index (χ3v) is 6.62. The number of aryl methyl sites for hydroxylation is 2. The normalized spacial score (nSPS) is 20.8. The van der Waals surface area contributed by atoms with Crippen molar-refractivity contribution >= 4 is 15.7 Å². The number of sulfone groups is 1. The molecule has 1 fully saturated rings. The van der Waals surface area contributed by atoms with Crippen LogP contribution >= 0.6 is 0 Å². The van der Waals surface area contributed by atoms with Crippen LogP contribution in [0.2, 0.25) is 0 Å². The van der Waals surface area contributed by atoms with E-state index in [4.69, 9.17) is 0 Å². The van der Waals surface area contributed by atoms with E-state index in [1.54, 1.807) is 34.9 Å². The van der Waals surface area contributed by atoms with Crippen molar-refractivity contribution in [3.63, 3.8) is 0 Å². The van der Waals surface area contributed by atoms with E-state index in [1.165, 1.54) is 0 Å². The largest absolute Gasteiger partial charge is 0.348 e. The Labute approximate surface area is 136 Å². The van der Waals surface area contributed by atoms with Crippen molar-refractivity contribution in [2.24, 2.45) is 7.05 Å². The second-order valence-corrected chi connectivity index (χ2v) is 8.31. The lowest BCUT2D eigenvalue weighted by molar-refractivity contribution is 0.0909. The monoisotopic (exact) mass is 332 g/mol. The fourth-order valence-corrected chi connectivity index (χ4v) is 4.88. The highest BCUT2D eigenvalue weighted by Gasteiger charge is 2.40. The molecule has 0 bridgehead atoms. The van der Waals surface area contributed by atoms with E-state index in [9.17, 15) is 13.2 Å². The van der Waals surface area contributed by atoms with Crippen LogP contribution in [-0.4, -0.2) is 30.2 Å². The zero-order valence-electron chi connectivity index (χ0n) is 13.2. The number of hydrogen-bond acceptors (Lipinski definition) is 3. The smallest absolute Gasteiger partial charge is 0.268 e. The van der Waals surface area contributed by atoms with Gasteiger partial charge in [0.1, 0.15) is 5.69 Å². The van der Waals surface area contributed by atoms with Crippen LogP contribution in [0.15, 0.2) is 47.5 Å². The van der Waals surface area contributed by atoms with Gasteiger partial charge in [-0.2, -0.15) is 0 Å². The van der Waals surface area contributed by atoms with Crippen molar-refractivity contribution in [1.29, 1.82) is 0 Å². The predicted molar refractivity (Wildman–Crippen MR) is 88.1 cm³/mol. The molecule has 23 heavy (non-hydrogen) atoms. The van der Waals surface area contributed by atoms with Crippen LogP contribution in [0.1, 0.15) is 28.9 Å². The molecule has 1 aliphatic carbocycles. The van der Waals surface area contributed by atoms with Gasteiger partial charge in [-0.05, 0) is 43.5 Å². The molecular formula is C17H20N2O3S. The zero-order valence-corrected chi connectivity index (χ0v) is 14.0. The highest BCUT2D eigenvalue weighted by molar-refractivity contribution is 7.92. The van der Waals surface area contributed by atoms with E-state index in [0.29, 0.717) is 23.4 Å². The van der Waals surface area contributed by atoms with Gasteiger partial charge in [0.25, 0.3) is 5.91 Å². The molecule has 1 aliphatic rings. The van der Waals surface area contributed by atoms with Gasteiger partial charge in [-0.3, -0.25) is 4.79 Å². The third-order valence-electron chi connectivity index (χ3n) is 4.43. The van der Waals surface area contributed by atoms with Crippen LogP contribution < -0.4 is 5.32 Å². The Kier molecular flexibility index (Phi) is 4.02. The summed E-state index contributed by atoms with van der Waals surface area (Å²) in [6, 6.07) is 10.3. The molecule has 1 saturated carbocycles. The van der Waals surface area contributed by atoms with Crippen molar-refractivity contribution in [3.8, 4) is 0 Å². The fourth-order valence-electron chi connectivity index (χ4n) is 2.99. The zero-order chi connectivity index (χ0) is 16.6.